The van der Waals surface area contributed by atoms with E-state index >= 15 is 0 Å². The third-order valence-electron chi connectivity index (χ3n) is 10.2. The van der Waals surface area contributed by atoms with Crippen molar-refractivity contribution < 1.29 is 42.9 Å². The zero-order valence-corrected chi connectivity index (χ0v) is 33.5. The molecule has 312 valence electrons. The van der Waals surface area contributed by atoms with Crippen molar-refractivity contribution in [2.75, 3.05) is 27.3 Å². The number of hydrogen-bond donors (Lipinski definition) is 4. The maximum Gasteiger partial charge on any atom is 0.405 e. The van der Waals surface area contributed by atoms with Crippen LogP contribution in [0.5, 0.6) is 0 Å². The monoisotopic (exact) mass is 805 g/mol. The zero-order valence-electron chi connectivity index (χ0n) is 33.5. The molecule has 5 N–H and O–H groups in total. The summed E-state index contributed by atoms with van der Waals surface area (Å²) >= 11 is 0. The van der Waals surface area contributed by atoms with Gasteiger partial charge in [-0.1, -0.05) is 50.1 Å². The van der Waals surface area contributed by atoms with E-state index in [0.29, 0.717) is 38.1 Å². The van der Waals surface area contributed by atoms with Crippen LogP contribution in [-0.2, 0) is 40.4 Å². The van der Waals surface area contributed by atoms with Gasteiger partial charge in [-0.05, 0) is 44.6 Å². The van der Waals surface area contributed by atoms with Gasteiger partial charge in [-0.2, -0.15) is 4.68 Å². The fourth-order valence-corrected chi connectivity index (χ4v) is 7.07. The summed E-state index contributed by atoms with van der Waals surface area (Å²) in [5.74, 6) is -1.96. The number of allylic oxidation sites excluding steroid dienone is 4. The molecule has 19 nitrogen and oxygen atoms in total. The molecule has 0 saturated carbocycles. The van der Waals surface area contributed by atoms with Crippen LogP contribution in [0.15, 0.2) is 69.8 Å². The van der Waals surface area contributed by atoms with E-state index in [4.69, 9.17) is 24.7 Å². The summed E-state index contributed by atoms with van der Waals surface area (Å²) < 4.78 is 25.5. The number of carbonyl (C=O) groups excluding carboxylic acids is 5. The Hall–Kier alpha value is -5.95. The summed E-state index contributed by atoms with van der Waals surface area (Å²) in [5, 5.41) is 16.2. The standard InChI is InChI=1S/C39H51N9O10/c1-21-16-24-30(41-14-9-7-8-10-15-42-37(52)31-35-45-46-47(4)39(54)48(35)20-43-31)26(49)19-25(32(24)50)44-36(51)22(2)12-11-13-27(55-5)34(58-38(40)53)29-18-23(3)33(57-29)28(17-21)56-6/h11-13,18-21,23,27-28,33-34,41H,7-10,14-17H2,1-6H3,(H2,40,53)(H,42,52)(H,44,51)/b13-11-,22-12+/t21-,23+,27+,28+,33+,34-/m1/s1. The average Bonchev–Trinajstić information content (AvgIpc) is 3.80. The number of carbonyl (C=O) groups is 5. The number of Topliss-reactive ketones (excluding diaryl/α,β-unsaturated/α-hetero) is 1. The summed E-state index contributed by atoms with van der Waals surface area (Å²) in [6.45, 7) is 6.21. The summed E-state index contributed by atoms with van der Waals surface area (Å²) in [6, 6.07) is 0. The molecule has 0 radical (unpaired) electrons. The largest absolute Gasteiger partial charge is 0.488 e. The van der Waals surface area contributed by atoms with Crippen molar-refractivity contribution >= 4 is 35.1 Å². The molecule has 6 atom stereocenters. The van der Waals surface area contributed by atoms with E-state index in [2.05, 4.69) is 31.2 Å². The van der Waals surface area contributed by atoms with Crippen LogP contribution in [-0.4, -0.2) is 106 Å². The Morgan fingerprint density at radius 3 is 2.52 bits per heavy atom. The molecule has 0 spiro atoms. The van der Waals surface area contributed by atoms with E-state index in [9.17, 15) is 28.8 Å². The molecule has 58 heavy (non-hydrogen) atoms. The highest BCUT2D eigenvalue weighted by atomic mass is 16.6. The van der Waals surface area contributed by atoms with Crippen molar-refractivity contribution in [1.29, 1.82) is 0 Å². The van der Waals surface area contributed by atoms with Crippen LogP contribution in [0.2, 0.25) is 0 Å². The molecule has 2 aromatic heterocycles. The Labute approximate surface area is 334 Å². The van der Waals surface area contributed by atoms with E-state index < -0.39 is 59.6 Å². The summed E-state index contributed by atoms with van der Waals surface area (Å²) in [5.41, 5.74) is 5.57. The minimum Gasteiger partial charge on any atom is -0.488 e. The third kappa shape index (κ3) is 10.1. The first kappa shape index (κ1) is 43.2. The molecule has 19 heteroatoms. The maximum absolute atomic E-state index is 14.0. The van der Waals surface area contributed by atoms with E-state index in [1.807, 2.05) is 19.9 Å². The van der Waals surface area contributed by atoms with Gasteiger partial charge in [0.15, 0.2) is 17.4 Å². The van der Waals surface area contributed by atoms with E-state index in [-0.39, 0.29) is 52.1 Å². The van der Waals surface area contributed by atoms with Crippen molar-refractivity contribution in [1.82, 2.24) is 40.3 Å². The number of aromatic nitrogens is 5. The molecule has 1 aliphatic carbocycles. The lowest BCUT2D eigenvalue weighted by molar-refractivity contribution is -0.120. The highest BCUT2D eigenvalue weighted by Gasteiger charge is 2.40. The van der Waals surface area contributed by atoms with Gasteiger partial charge in [0.05, 0.1) is 17.5 Å². The SMILES string of the molecule is CO[C@H]1/C=C\C=C(/C)C(=O)NC2=CC(=O)C(NCCCCCCNC(=O)c3ncn4c(=O)n(C)nnc34)=C(C[C@@H](C)C[C@H](OC)[C@H]3OC(=C[C@@H]3C)[C@@H]1OC(N)=O)C2=O. The molecule has 2 aromatic rings. The first-order chi connectivity index (χ1) is 27.7. The van der Waals surface area contributed by atoms with Crippen molar-refractivity contribution in [3.63, 3.8) is 0 Å². The molecule has 4 bridgehead atoms. The molecule has 0 saturated heterocycles. The van der Waals surface area contributed by atoms with Crippen molar-refractivity contribution in [2.45, 2.75) is 83.7 Å². The number of nitrogens with zero attached hydrogens (tertiary/aromatic N) is 5. The van der Waals surface area contributed by atoms with Crippen LogP contribution in [0.3, 0.4) is 0 Å². The van der Waals surface area contributed by atoms with Gasteiger partial charge >= 0.3 is 11.8 Å². The number of primary amides is 1. The van der Waals surface area contributed by atoms with Gasteiger partial charge in [-0.3, -0.25) is 19.2 Å². The number of imidazole rings is 1. The number of aryl methyl sites for hydroxylation is 1. The normalized spacial score (nSPS) is 25.7. The molecule has 0 unspecified atom stereocenters. The second-order valence-corrected chi connectivity index (χ2v) is 14.6. The number of fused-ring (bicyclic) bond motifs is 5. The van der Waals surface area contributed by atoms with E-state index in [1.54, 1.807) is 26.2 Å². The number of nitrogens with one attached hydrogen (secondary N) is 3. The molecule has 0 aromatic carbocycles. The molecule has 4 heterocycles. The Morgan fingerprint density at radius 1 is 1.07 bits per heavy atom. The number of hydrogen-bond acceptors (Lipinski definition) is 14. The number of amides is 3. The average molecular weight is 806 g/mol. The van der Waals surface area contributed by atoms with Gasteiger partial charge in [-0.25, -0.2) is 19.0 Å². The fraction of sp³-hybridized carbons (Fsp3) is 0.513. The first-order valence-electron chi connectivity index (χ1n) is 19.1. The number of methoxy groups -OCH3 is 2. The number of ketones is 2. The van der Waals surface area contributed by atoms with Crippen LogP contribution >= 0.6 is 0 Å². The van der Waals surface area contributed by atoms with Crippen LogP contribution in [0.1, 0.15) is 69.8 Å². The topological polar surface area (TPSA) is 249 Å². The fourth-order valence-electron chi connectivity index (χ4n) is 7.07. The lowest BCUT2D eigenvalue weighted by Gasteiger charge is -2.30. The minimum absolute atomic E-state index is 0.0105. The summed E-state index contributed by atoms with van der Waals surface area (Å²) in [7, 11) is 4.45. The second kappa shape index (κ2) is 19.5. The molecule has 3 aliphatic rings. The minimum atomic E-state index is -1.02. The summed E-state index contributed by atoms with van der Waals surface area (Å²) in [4.78, 5) is 81.6. The quantitative estimate of drug-likeness (QED) is 0.175. The predicted molar refractivity (Wildman–Crippen MR) is 208 cm³/mol. The molecular weight excluding hydrogens is 754 g/mol. The van der Waals surface area contributed by atoms with Gasteiger partial charge in [-0.15, -0.1) is 5.10 Å². The van der Waals surface area contributed by atoms with Gasteiger partial charge < -0.3 is 40.6 Å². The highest BCUT2D eigenvalue weighted by molar-refractivity contribution is 6.23. The van der Waals surface area contributed by atoms with Crippen LogP contribution in [0, 0.1) is 11.8 Å². The molecule has 3 amide bonds. The van der Waals surface area contributed by atoms with E-state index in [1.165, 1.54) is 26.6 Å². The maximum atomic E-state index is 14.0. The Bertz CT molecular complexity index is 2130. The Balaban J connectivity index is 1.25. The third-order valence-corrected chi connectivity index (χ3v) is 10.2. The molecular formula is C39H51N9O10. The Kier molecular flexibility index (Phi) is 14.5. The van der Waals surface area contributed by atoms with Crippen molar-refractivity contribution in [3.05, 3.63) is 81.2 Å². The summed E-state index contributed by atoms with van der Waals surface area (Å²) in [6.07, 6.45) is 8.54. The molecule has 2 aliphatic heterocycles. The first-order valence-corrected chi connectivity index (χ1v) is 19.1. The number of unbranched alkanes of at least 4 members (excludes halogenated alkanes) is 3. The van der Waals surface area contributed by atoms with E-state index in [0.717, 1.165) is 28.0 Å². The van der Waals surface area contributed by atoms with Crippen LogP contribution < -0.4 is 27.4 Å². The smallest absolute Gasteiger partial charge is 0.405 e. The molecule has 5 rings (SSSR count). The van der Waals surface area contributed by atoms with Gasteiger partial charge in [0.1, 0.15) is 24.3 Å². The molecule has 0 fully saturated rings. The second-order valence-electron chi connectivity index (χ2n) is 14.6. The highest BCUT2D eigenvalue weighted by Crippen LogP contribution is 2.35. The number of rotatable bonds is 12. The van der Waals surface area contributed by atoms with Crippen molar-refractivity contribution in [3.8, 4) is 0 Å². The number of nitrogens with two attached hydrogens (primary N) is 1. The van der Waals surface area contributed by atoms with Crippen molar-refractivity contribution in [2.24, 2.45) is 24.6 Å². The lowest BCUT2D eigenvalue weighted by atomic mass is 9.85. The van der Waals surface area contributed by atoms with Gasteiger partial charge in [0, 0.05) is 57.5 Å². The van der Waals surface area contributed by atoms with Crippen LogP contribution in [0.4, 0.5) is 4.79 Å². The predicted octanol–water partition coefficient (Wildman–Crippen LogP) is 1.45. The van der Waals surface area contributed by atoms with Crippen LogP contribution in [0.25, 0.3) is 5.65 Å². The zero-order chi connectivity index (χ0) is 42.1. The lowest BCUT2D eigenvalue weighted by Crippen LogP contribution is -2.39. The van der Waals surface area contributed by atoms with Gasteiger partial charge in [0.2, 0.25) is 11.6 Å². The Morgan fingerprint density at radius 2 is 1.81 bits per heavy atom. The van der Waals surface area contributed by atoms with Gasteiger partial charge in [0.25, 0.3) is 11.8 Å². The number of ether oxygens (including phenoxy) is 4.